The van der Waals surface area contributed by atoms with Crippen molar-refractivity contribution in [3.05, 3.63) is 23.8 Å². The summed E-state index contributed by atoms with van der Waals surface area (Å²) in [4.78, 5) is 13.6. The standard InChI is InChI=1S/C15H21N3O4/c16-8-17-6-15(20)18-4-3-11(12(19)7-18)10-1-2-13-14(5-10)22-9-21-13/h1-2,5,11-12,17,19H,3-4,6-9,16H2. The number of benzene rings is 1. The lowest BCUT2D eigenvalue weighted by atomic mass is 9.87. The van der Waals surface area contributed by atoms with Crippen LogP contribution in [-0.2, 0) is 4.79 Å². The number of rotatable bonds is 4. The second kappa shape index (κ2) is 6.51. The molecular weight excluding hydrogens is 286 g/mol. The molecule has 120 valence electrons. The van der Waals surface area contributed by atoms with Crippen molar-refractivity contribution in [1.29, 1.82) is 0 Å². The number of aliphatic hydroxyl groups is 1. The van der Waals surface area contributed by atoms with E-state index >= 15 is 0 Å². The lowest BCUT2D eigenvalue weighted by Gasteiger charge is -2.36. The van der Waals surface area contributed by atoms with Gasteiger partial charge in [-0.1, -0.05) is 6.07 Å². The van der Waals surface area contributed by atoms with Crippen LogP contribution in [0.1, 0.15) is 17.9 Å². The first-order valence-corrected chi connectivity index (χ1v) is 7.45. The number of nitrogens with two attached hydrogens (primary N) is 1. The van der Waals surface area contributed by atoms with Crippen LogP contribution in [0.25, 0.3) is 0 Å². The van der Waals surface area contributed by atoms with E-state index in [-0.39, 0.29) is 31.8 Å². The van der Waals surface area contributed by atoms with Gasteiger partial charge in [-0.2, -0.15) is 0 Å². The fourth-order valence-corrected chi connectivity index (χ4v) is 2.98. The van der Waals surface area contributed by atoms with Gasteiger partial charge in [0.15, 0.2) is 11.5 Å². The van der Waals surface area contributed by atoms with Crippen LogP contribution in [0, 0.1) is 0 Å². The van der Waals surface area contributed by atoms with Gasteiger partial charge in [0.1, 0.15) is 0 Å². The highest BCUT2D eigenvalue weighted by Gasteiger charge is 2.31. The predicted octanol–water partition coefficient (Wildman–Crippen LogP) is -0.402. The normalized spacial score (nSPS) is 23.6. The molecule has 2 aliphatic rings. The van der Waals surface area contributed by atoms with Gasteiger partial charge in [0.25, 0.3) is 0 Å². The van der Waals surface area contributed by atoms with Gasteiger partial charge in [-0.25, -0.2) is 0 Å². The second-order valence-electron chi connectivity index (χ2n) is 5.55. The fraction of sp³-hybridized carbons (Fsp3) is 0.533. The SMILES string of the molecule is NCNCC(=O)N1CCC(c2ccc3c(c2)OCO3)C(O)C1. The molecule has 0 radical (unpaired) electrons. The number of piperidine rings is 1. The van der Waals surface area contributed by atoms with Gasteiger partial charge in [0.05, 0.1) is 12.6 Å². The first kappa shape index (κ1) is 15.1. The van der Waals surface area contributed by atoms with Gasteiger partial charge < -0.3 is 25.2 Å². The summed E-state index contributed by atoms with van der Waals surface area (Å²) in [5.41, 5.74) is 6.34. The van der Waals surface area contributed by atoms with Crippen LogP contribution in [-0.4, -0.2) is 55.1 Å². The van der Waals surface area contributed by atoms with E-state index in [2.05, 4.69) is 5.32 Å². The zero-order valence-electron chi connectivity index (χ0n) is 12.3. The van der Waals surface area contributed by atoms with E-state index in [1.807, 2.05) is 18.2 Å². The van der Waals surface area contributed by atoms with Crippen LogP contribution in [0.4, 0.5) is 0 Å². The van der Waals surface area contributed by atoms with Gasteiger partial charge in [-0.15, -0.1) is 0 Å². The molecule has 0 aliphatic carbocycles. The van der Waals surface area contributed by atoms with Crippen molar-refractivity contribution in [1.82, 2.24) is 10.2 Å². The summed E-state index contributed by atoms with van der Waals surface area (Å²) in [6.07, 6.45) is 0.130. The summed E-state index contributed by atoms with van der Waals surface area (Å²) in [6.45, 7) is 1.67. The number of hydrogen-bond acceptors (Lipinski definition) is 6. The second-order valence-corrected chi connectivity index (χ2v) is 5.55. The lowest BCUT2D eigenvalue weighted by molar-refractivity contribution is -0.133. The highest BCUT2D eigenvalue weighted by molar-refractivity contribution is 5.78. The molecule has 22 heavy (non-hydrogen) atoms. The Kier molecular flexibility index (Phi) is 4.47. The van der Waals surface area contributed by atoms with Crippen molar-refractivity contribution in [3.8, 4) is 11.5 Å². The number of nitrogens with zero attached hydrogens (tertiary/aromatic N) is 1. The number of aliphatic hydroxyl groups excluding tert-OH is 1. The molecule has 3 rings (SSSR count). The van der Waals surface area contributed by atoms with E-state index in [0.717, 1.165) is 23.5 Å². The Labute approximate surface area is 129 Å². The maximum atomic E-state index is 12.0. The average molecular weight is 307 g/mol. The Morgan fingerprint density at radius 2 is 2.23 bits per heavy atom. The minimum atomic E-state index is -0.587. The molecule has 0 bridgehead atoms. The number of fused-ring (bicyclic) bond motifs is 1. The van der Waals surface area contributed by atoms with Crippen molar-refractivity contribution in [2.45, 2.75) is 18.4 Å². The molecule has 0 saturated carbocycles. The van der Waals surface area contributed by atoms with Crippen molar-refractivity contribution < 1.29 is 19.4 Å². The predicted molar refractivity (Wildman–Crippen MR) is 79.6 cm³/mol. The third-order valence-corrected chi connectivity index (χ3v) is 4.18. The van der Waals surface area contributed by atoms with Gasteiger partial charge in [0.2, 0.25) is 12.7 Å². The maximum absolute atomic E-state index is 12.0. The monoisotopic (exact) mass is 307 g/mol. The van der Waals surface area contributed by atoms with Crippen LogP contribution in [0.5, 0.6) is 11.5 Å². The third-order valence-electron chi connectivity index (χ3n) is 4.18. The van der Waals surface area contributed by atoms with Crippen LogP contribution in [0.2, 0.25) is 0 Å². The number of amides is 1. The highest BCUT2D eigenvalue weighted by Crippen LogP contribution is 2.37. The largest absolute Gasteiger partial charge is 0.454 e. The van der Waals surface area contributed by atoms with E-state index < -0.39 is 6.10 Å². The number of β-amino-alcohol motifs (C(OH)–C–C–N with tert-alkyl or cyclic N) is 1. The molecule has 2 atom stereocenters. The van der Waals surface area contributed by atoms with Crippen LogP contribution in [0.3, 0.4) is 0 Å². The molecule has 0 aromatic heterocycles. The van der Waals surface area contributed by atoms with E-state index in [1.54, 1.807) is 4.90 Å². The minimum Gasteiger partial charge on any atom is -0.454 e. The van der Waals surface area contributed by atoms with Gasteiger partial charge in [-0.3, -0.25) is 10.1 Å². The third kappa shape index (κ3) is 3.01. The van der Waals surface area contributed by atoms with Crippen LogP contribution >= 0.6 is 0 Å². The minimum absolute atomic E-state index is 0.000942. The zero-order valence-corrected chi connectivity index (χ0v) is 12.3. The Morgan fingerprint density at radius 1 is 1.41 bits per heavy atom. The van der Waals surface area contributed by atoms with Gasteiger partial charge in [0, 0.05) is 25.7 Å². The average Bonchev–Trinajstić information content (AvgIpc) is 3.00. The van der Waals surface area contributed by atoms with Crippen molar-refractivity contribution in [2.24, 2.45) is 5.73 Å². The Hall–Kier alpha value is -1.83. The van der Waals surface area contributed by atoms with E-state index in [0.29, 0.717) is 13.1 Å². The van der Waals surface area contributed by atoms with Crippen LogP contribution in [0.15, 0.2) is 18.2 Å². The number of likely N-dealkylation sites (tertiary alicyclic amines) is 1. The summed E-state index contributed by atoms with van der Waals surface area (Å²) < 4.78 is 10.7. The molecule has 1 amide bonds. The first-order chi connectivity index (χ1) is 10.7. The molecule has 2 aliphatic heterocycles. The summed E-state index contributed by atoms with van der Waals surface area (Å²) >= 11 is 0. The Balaban J connectivity index is 1.64. The number of ether oxygens (including phenoxy) is 2. The van der Waals surface area contributed by atoms with E-state index in [9.17, 15) is 9.90 Å². The first-order valence-electron chi connectivity index (χ1n) is 7.45. The number of carbonyl (C=O) groups excluding carboxylic acids is 1. The molecule has 2 heterocycles. The summed E-state index contributed by atoms with van der Waals surface area (Å²) in [7, 11) is 0. The van der Waals surface area contributed by atoms with Crippen molar-refractivity contribution >= 4 is 5.91 Å². The molecular formula is C15H21N3O4. The topological polar surface area (TPSA) is 97.1 Å². The summed E-state index contributed by atoms with van der Waals surface area (Å²) in [6, 6.07) is 5.74. The summed E-state index contributed by atoms with van der Waals surface area (Å²) in [5, 5.41) is 13.2. The van der Waals surface area contributed by atoms with Gasteiger partial charge >= 0.3 is 0 Å². The Morgan fingerprint density at radius 3 is 3.00 bits per heavy atom. The quantitative estimate of drug-likeness (QED) is 0.655. The van der Waals surface area contributed by atoms with Crippen LogP contribution < -0.4 is 20.5 Å². The molecule has 7 nitrogen and oxygen atoms in total. The highest BCUT2D eigenvalue weighted by atomic mass is 16.7. The number of carbonyl (C=O) groups is 1. The smallest absolute Gasteiger partial charge is 0.236 e. The maximum Gasteiger partial charge on any atom is 0.236 e. The van der Waals surface area contributed by atoms with Crippen molar-refractivity contribution in [3.63, 3.8) is 0 Å². The molecule has 2 unspecified atom stereocenters. The molecule has 1 fully saturated rings. The zero-order chi connectivity index (χ0) is 15.5. The molecule has 1 aromatic carbocycles. The van der Waals surface area contributed by atoms with E-state index in [1.165, 1.54) is 0 Å². The van der Waals surface area contributed by atoms with Crippen molar-refractivity contribution in [2.75, 3.05) is 33.1 Å². The Bertz CT molecular complexity index is 552. The summed E-state index contributed by atoms with van der Waals surface area (Å²) in [5.74, 6) is 1.42. The molecule has 7 heteroatoms. The molecule has 1 saturated heterocycles. The van der Waals surface area contributed by atoms with E-state index in [4.69, 9.17) is 15.2 Å². The molecule has 0 spiro atoms. The number of hydrogen-bond donors (Lipinski definition) is 3. The lowest BCUT2D eigenvalue weighted by Crippen LogP contribution is -2.48. The molecule has 4 N–H and O–H groups in total. The fourth-order valence-electron chi connectivity index (χ4n) is 2.98. The molecule has 1 aromatic rings. The van der Waals surface area contributed by atoms with Gasteiger partial charge in [-0.05, 0) is 24.1 Å². The number of nitrogens with one attached hydrogen (secondary N) is 1.